The Labute approximate surface area is 189 Å². The Morgan fingerprint density at radius 2 is 1.88 bits per heavy atom. The number of aromatic nitrogens is 2. The van der Waals surface area contributed by atoms with E-state index in [0.717, 1.165) is 36.0 Å². The van der Waals surface area contributed by atoms with Crippen molar-refractivity contribution in [1.82, 2.24) is 9.78 Å². The van der Waals surface area contributed by atoms with E-state index in [4.69, 9.17) is 4.74 Å². The molecule has 1 aromatic carbocycles. The van der Waals surface area contributed by atoms with Crippen LogP contribution in [-0.4, -0.2) is 33.0 Å². The number of hydrogen-bond donors (Lipinski definition) is 1. The van der Waals surface area contributed by atoms with Crippen LogP contribution in [0, 0.1) is 0 Å². The van der Waals surface area contributed by atoms with Crippen molar-refractivity contribution in [2.24, 2.45) is 4.99 Å². The molecule has 0 saturated heterocycles. The highest BCUT2D eigenvalue weighted by Gasteiger charge is 2.32. The molecule has 0 radical (unpaired) electrons. The van der Waals surface area contributed by atoms with Crippen molar-refractivity contribution in [3.63, 3.8) is 0 Å². The molecule has 0 spiro atoms. The summed E-state index contributed by atoms with van der Waals surface area (Å²) in [6.45, 7) is 11.3. The van der Waals surface area contributed by atoms with E-state index in [9.17, 15) is 23.1 Å². The van der Waals surface area contributed by atoms with E-state index in [1.54, 1.807) is 4.68 Å². The molecule has 0 aliphatic carbocycles. The van der Waals surface area contributed by atoms with E-state index >= 15 is 0 Å². The van der Waals surface area contributed by atoms with Gasteiger partial charge in [-0.3, -0.25) is 4.79 Å². The first-order valence-corrected chi connectivity index (χ1v) is 11.2. The van der Waals surface area contributed by atoms with Gasteiger partial charge in [0.1, 0.15) is 17.4 Å². The average Bonchev–Trinajstić information content (AvgIpc) is 3.06. The lowest BCUT2D eigenvalue weighted by Crippen LogP contribution is -2.28. The number of hydrogen-bond acceptors (Lipinski definition) is 5. The average molecular weight is 474 g/mol. The van der Waals surface area contributed by atoms with Crippen LogP contribution in [0.15, 0.2) is 23.2 Å². The molecule has 10 heteroatoms. The molecule has 2 aromatic rings. The number of benzene rings is 1. The number of ether oxygens (including phenoxy) is 1. The summed E-state index contributed by atoms with van der Waals surface area (Å²) in [5.74, 6) is -0.939. The predicted molar refractivity (Wildman–Crippen MR) is 117 cm³/mol. The van der Waals surface area contributed by atoms with E-state index in [1.165, 1.54) is 25.2 Å². The van der Waals surface area contributed by atoms with Gasteiger partial charge in [0.25, 0.3) is 5.91 Å². The minimum Gasteiger partial charge on any atom is -0.490 e. The first-order valence-electron chi connectivity index (χ1n) is 10.4. The third kappa shape index (κ3) is 7.16. The highest BCUT2D eigenvalue weighted by Crippen LogP contribution is 2.33. The number of amides is 1. The Morgan fingerprint density at radius 1 is 1.22 bits per heavy atom. The predicted octanol–water partition coefficient (Wildman–Crippen LogP) is 4.95. The number of rotatable bonds is 7. The summed E-state index contributed by atoms with van der Waals surface area (Å²) in [5.41, 5.74) is -2.81. The van der Waals surface area contributed by atoms with E-state index in [0.29, 0.717) is 11.3 Å². The SMILES string of the molecule is CCCCn1nc(C(C)(C)C)sc1=NC(=O)c1cc(C(F)(F)F)ccc1OCC(C)(C)O. The van der Waals surface area contributed by atoms with Gasteiger partial charge in [-0.2, -0.15) is 23.3 Å². The third-order valence-electron chi connectivity index (χ3n) is 4.30. The molecule has 0 unspecified atom stereocenters. The van der Waals surface area contributed by atoms with Crippen LogP contribution in [0.2, 0.25) is 0 Å². The van der Waals surface area contributed by atoms with Gasteiger partial charge in [0.15, 0.2) is 0 Å². The first kappa shape index (κ1) is 26.1. The second-order valence-corrected chi connectivity index (χ2v) is 10.2. The third-order valence-corrected chi connectivity index (χ3v) is 5.67. The van der Waals surface area contributed by atoms with Gasteiger partial charge in [-0.1, -0.05) is 45.5 Å². The molecule has 0 saturated carbocycles. The normalized spacial score (nSPS) is 13.5. The number of nitrogens with zero attached hydrogens (tertiary/aromatic N) is 3. The van der Waals surface area contributed by atoms with Gasteiger partial charge in [-0.05, 0) is 38.5 Å². The van der Waals surface area contributed by atoms with Crippen LogP contribution in [0.1, 0.15) is 75.3 Å². The van der Waals surface area contributed by atoms with Crippen LogP contribution >= 0.6 is 11.3 Å². The molecule has 0 atom stereocenters. The zero-order chi connectivity index (χ0) is 24.3. The lowest BCUT2D eigenvalue weighted by Gasteiger charge is -2.19. The van der Waals surface area contributed by atoms with Crippen molar-refractivity contribution in [1.29, 1.82) is 0 Å². The van der Waals surface area contributed by atoms with Gasteiger partial charge in [0.2, 0.25) is 4.80 Å². The zero-order valence-corrected chi connectivity index (χ0v) is 20.0. The smallest absolute Gasteiger partial charge is 0.416 e. The Morgan fingerprint density at radius 3 is 2.41 bits per heavy atom. The van der Waals surface area contributed by atoms with Crippen LogP contribution in [0.5, 0.6) is 5.75 Å². The standard InChI is InChI=1S/C22H30F3N3O3S/c1-7-8-11-28-19(32-18(27-28)20(2,3)4)26-17(29)15-12-14(22(23,24)25)9-10-16(15)31-13-21(5,6)30/h9-10,12,30H,7-8,11,13H2,1-6H3. The zero-order valence-electron chi connectivity index (χ0n) is 19.2. The molecular formula is C22H30F3N3O3S. The number of aryl methyl sites for hydroxylation is 1. The van der Waals surface area contributed by atoms with Crippen molar-refractivity contribution < 1.29 is 27.8 Å². The Kier molecular flexibility index (Phi) is 7.93. The monoisotopic (exact) mass is 473 g/mol. The second-order valence-electron chi connectivity index (χ2n) is 9.24. The number of alkyl halides is 3. The molecule has 0 aliphatic rings. The molecule has 1 heterocycles. The Bertz CT molecular complexity index is 1010. The van der Waals surface area contributed by atoms with Crippen molar-refractivity contribution in [3.05, 3.63) is 39.1 Å². The molecule has 0 aliphatic heterocycles. The van der Waals surface area contributed by atoms with Crippen LogP contribution in [0.3, 0.4) is 0 Å². The first-order chi connectivity index (χ1) is 14.6. The van der Waals surface area contributed by atoms with Crippen LogP contribution in [0.4, 0.5) is 13.2 Å². The maximum Gasteiger partial charge on any atom is 0.416 e. The van der Waals surface area contributed by atoms with E-state index < -0.39 is 23.2 Å². The fraction of sp³-hybridized carbons (Fsp3) is 0.591. The number of carbonyl (C=O) groups is 1. The lowest BCUT2D eigenvalue weighted by molar-refractivity contribution is -0.137. The van der Waals surface area contributed by atoms with E-state index in [2.05, 4.69) is 10.1 Å². The van der Waals surface area contributed by atoms with Crippen molar-refractivity contribution in [2.75, 3.05) is 6.61 Å². The van der Waals surface area contributed by atoms with E-state index in [1.807, 2.05) is 27.7 Å². The number of aliphatic hydroxyl groups is 1. The molecule has 0 bridgehead atoms. The molecule has 1 aromatic heterocycles. The molecule has 1 amide bonds. The van der Waals surface area contributed by atoms with Crippen molar-refractivity contribution in [2.45, 2.75) is 78.1 Å². The number of carbonyl (C=O) groups excluding carboxylic acids is 1. The van der Waals surface area contributed by atoms with E-state index in [-0.39, 0.29) is 23.3 Å². The number of unbranched alkanes of at least 4 members (excludes halogenated alkanes) is 1. The van der Waals surface area contributed by atoms with Gasteiger partial charge >= 0.3 is 6.18 Å². The van der Waals surface area contributed by atoms with Gasteiger partial charge in [0.05, 0.1) is 16.7 Å². The van der Waals surface area contributed by atoms with Crippen LogP contribution in [-0.2, 0) is 18.1 Å². The fourth-order valence-electron chi connectivity index (χ4n) is 2.55. The Balaban J connectivity index is 2.57. The van der Waals surface area contributed by atoms with Crippen LogP contribution in [0.25, 0.3) is 0 Å². The largest absolute Gasteiger partial charge is 0.490 e. The lowest BCUT2D eigenvalue weighted by atomic mass is 9.98. The summed E-state index contributed by atoms with van der Waals surface area (Å²) in [6, 6.07) is 2.64. The summed E-state index contributed by atoms with van der Waals surface area (Å²) >= 11 is 1.23. The minimum absolute atomic E-state index is 0.0745. The molecule has 0 fully saturated rings. The van der Waals surface area contributed by atoms with Crippen LogP contribution < -0.4 is 9.54 Å². The van der Waals surface area contributed by atoms with Crippen molar-refractivity contribution in [3.8, 4) is 5.75 Å². The molecule has 32 heavy (non-hydrogen) atoms. The topological polar surface area (TPSA) is 76.7 Å². The molecular weight excluding hydrogens is 443 g/mol. The highest BCUT2D eigenvalue weighted by atomic mass is 32.1. The van der Waals surface area contributed by atoms with Gasteiger partial charge in [-0.15, -0.1) is 0 Å². The minimum atomic E-state index is -4.63. The maximum atomic E-state index is 13.3. The summed E-state index contributed by atoms with van der Waals surface area (Å²) in [6.07, 6.45) is -2.90. The maximum absolute atomic E-state index is 13.3. The summed E-state index contributed by atoms with van der Waals surface area (Å²) < 4.78 is 46.9. The summed E-state index contributed by atoms with van der Waals surface area (Å²) in [4.78, 5) is 17.4. The van der Waals surface area contributed by atoms with Gasteiger partial charge in [-0.25, -0.2) is 4.68 Å². The second kappa shape index (κ2) is 9.74. The molecule has 2 rings (SSSR count). The molecule has 1 N–H and O–H groups in total. The van der Waals surface area contributed by atoms with Gasteiger partial charge in [0, 0.05) is 12.0 Å². The molecule has 6 nitrogen and oxygen atoms in total. The highest BCUT2D eigenvalue weighted by molar-refractivity contribution is 7.09. The van der Waals surface area contributed by atoms with Crippen molar-refractivity contribution >= 4 is 17.2 Å². The summed E-state index contributed by atoms with van der Waals surface area (Å²) in [7, 11) is 0. The quantitative estimate of drug-likeness (QED) is 0.617. The number of halogens is 3. The van der Waals surface area contributed by atoms with Gasteiger partial charge < -0.3 is 9.84 Å². The summed E-state index contributed by atoms with van der Waals surface area (Å²) in [5, 5.41) is 15.2. The Hall–Kier alpha value is -2.20. The fourth-order valence-corrected chi connectivity index (χ4v) is 3.53. The molecule has 178 valence electrons.